The number of carbonyl (C=O) groups excluding carboxylic acids is 1. The van der Waals surface area contributed by atoms with E-state index in [1.807, 2.05) is 43.3 Å². The maximum Gasteiger partial charge on any atom is 0.255 e. The summed E-state index contributed by atoms with van der Waals surface area (Å²) in [6, 6.07) is 15.8. The highest BCUT2D eigenvalue weighted by Crippen LogP contribution is 2.19. The number of nitrogens with one attached hydrogen (secondary N) is 1. The first-order chi connectivity index (χ1) is 11.6. The number of carbonyl (C=O) groups is 1. The van der Waals surface area contributed by atoms with Crippen molar-refractivity contribution < 1.29 is 4.79 Å². The second-order valence-corrected chi connectivity index (χ2v) is 6.92. The Morgan fingerprint density at radius 2 is 1.75 bits per heavy atom. The van der Waals surface area contributed by atoms with Crippen LogP contribution in [0.2, 0.25) is 0 Å². The third kappa shape index (κ3) is 4.24. The van der Waals surface area contributed by atoms with Crippen LogP contribution in [0.15, 0.2) is 48.5 Å². The second kappa shape index (κ2) is 7.63. The first kappa shape index (κ1) is 16.7. The molecule has 0 radical (unpaired) electrons. The van der Waals surface area contributed by atoms with E-state index in [2.05, 4.69) is 29.3 Å². The van der Waals surface area contributed by atoms with Gasteiger partial charge in [-0.15, -0.1) is 0 Å². The molecule has 2 aromatic rings. The van der Waals surface area contributed by atoms with E-state index in [0.29, 0.717) is 5.56 Å². The van der Waals surface area contributed by atoms with Crippen LogP contribution in [0, 0.1) is 12.8 Å². The van der Waals surface area contributed by atoms with Crippen LogP contribution in [0.3, 0.4) is 0 Å². The molecule has 1 heterocycles. The Bertz CT molecular complexity index is 685. The smallest absolute Gasteiger partial charge is 0.255 e. The molecule has 0 saturated carbocycles. The molecule has 1 amide bonds. The number of piperidine rings is 1. The quantitative estimate of drug-likeness (QED) is 0.900. The summed E-state index contributed by atoms with van der Waals surface area (Å²) in [5.74, 6) is 0.802. The minimum atomic E-state index is -0.0531. The van der Waals surface area contributed by atoms with Crippen LogP contribution in [0.25, 0.3) is 0 Å². The number of para-hydroxylation sites is 1. The molecule has 3 rings (SSSR count). The first-order valence-electron chi connectivity index (χ1n) is 8.80. The minimum Gasteiger partial charge on any atom is -0.322 e. The van der Waals surface area contributed by atoms with Gasteiger partial charge in [0.2, 0.25) is 0 Å². The highest BCUT2D eigenvalue weighted by molar-refractivity contribution is 6.04. The van der Waals surface area contributed by atoms with Crippen molar-refractivity contribution in [3.63, 3.8) is 0 Å². The van der Waals surface area contributed by atoms with Gasteiger partial charge in [0.25, 0.3) is 5.91 Å². The average molecular weight is 322 g/mol. The molecule has 0 unspecified atom stereocenters. The van der Waals surface area contributed by atoms with Crippen molar-refractivity contribution in [1.82, 2.24) is 4.90 Å². The lowest BCUT2D eigenvalue weighted by Gasteiger charge is -2.30. The number of nitrogens with zero attached hydrogens (tertiary/aromatic N) is 1. The predicted octanol–water partition coefficient (Wildman–Crippen LogP) is 4.48. The Morgan fingerprint density at radius 1 is 1.08 bits per heavy atom. The normalized spacial score (nSPS) is 16.1. The third-order valence-corrected chi connectivity index (χ3v) is 4.89. The van der Waals surface area contributed by atoms with Crippen molar-refractivity contribution in [1.29, 1.82) is 0 Å². The van der Waals surface area contributed by atoms with Crippen LogP contribution in [0.5, 0.6) is 0 Å². The van der Waals surface area contributed by atoms with E-state index in [1.54, 1.807) is 0 Å². The third-order valence-electron chi connectivity index (χ3n) is 4.89. The number of benzene rings is 2. The van der Waals surface area contributed by atoms with Gasteiger partial charge in [0.05, 0.1) is 0 Å². The summed E-state index contributed by atoms with van der Waals surface area (Å²) >= 11 is 0. The van der Waals surface area contributed by atoms with Crippen LogP contribution in [-0.2, 0) is 6.54 Å². The van der Waals surface area contributed by atoms with Crippen LogP contribution < -0.4 is 5.32 Å². The summed E-state index contributed by atoms with van der Waals surface area (Å²) in [6.45, 7) is 7.66. The highest BCUT2D eigenvalue weighted by atomic mass is 16.1. The monoisotopic (exact) mass is 322 g/mol. The van der Waals surface area contributed by atoms with Crippen molar-refractivity contribution in [2.24, 2.45) is 5.92 Å². The van der Waals surface area contributed by atoms with E-state index in [0.717, 1.165) is 23.7 Å². The minimum absolute atomic E-state index is 0.0531. The van der Waals surface area contributed by atoms with Gasteiger partial charge >= 0.3 is 0 Å². The van der Waals surface area contributed by atoms with E-state index < -0.39 is 0 Å². The topological polar surface area (TPSA) is 32.3 Å². The molecule has 1 aliphatic heterocycles. The lowest BCUT2D eigenvalue weighted by atomic mass is 9.99. The first-order valence-corrected chi connectivity index (χ1v) is 8.80. The molecule has 0 spiro atoms. The molecule has 2 aromatic carbocycles. The lowest BCUT2D eigenvalue weighted by molar-refractivity contribution is 0.102. The molecule has 1 saturated heterocycles. The lowest BCUT2D eigenvalue weighted by Crippen LogP contribution is -2.32. The van der Waals surface area contributed by atoms with Crippen LogP contribution in [0.1, 0.15) is 41.3 Å². The van der Waals surface area contributed by atoms with Crippen molar-refractivity contribution in [3.05, 3.63) is 65.2 Å². The number of amides is 1. The zero-order valence-corrected chi connectivity index (χ0v) is 14.6. The Labute approximate surface area is 144 Å². The molecule has 24 heavy (non-hydrogen) atoms. The van der Waals surface area contributed by atoms with Gasteiger partial charge in [-0.1, -0.05) is 37.3 Å². The summed E-state index contributed by atoms with van der Waals surface area (Å²) in [5.41, 5.74) is 3.92. The molecule has 0 aromatic heterocycles. The summed E-state index contributed by atoms with van der Waals surface area (Å²) < 4.78 is 0. The van der Waals surface area contributed by atoms with Gasteiger partial charge in [-0.2, -0.15) is 0 Å². The van der Waals surface area contributed by atoms with Crippen molar-refractivity contribution in [2.75, 3.05) is 18.4 Å². The summed E-state index contributed by atoms with van der Waals surface area (Å²) in [5, 5.41) is 2.98. The Hall–Kier alpha value is -2.13. The number of anilines is 1. The Balaban J connectivity index is 1.59. The summed E-state index contributed by atoms with van der Waals surface area (Å²) in [4.78, 5) is 14.9. The fraction of sp³-hybridized carbons (Fsp3) is 0.381. The predicted molar refractivity (Wildman–Crippen MR) is 99.2 cm³/mol. The Morgan fingerprint density at radius 3 is 2.42 bits per heavy atom. The van der Waals surface area contributed by atoms with Crippen molar-refractivity contribution in [3.8, 4) is 0 Å². The number of hydrogen-bond donors (Lipinski definition) is 1. The van der Waals surface area contributed by atoms with Gasteiger partial charge in [0.15, 0.2) is 0 Å². The molecule has 1 N–H and O–H groups in total. The summed E-state index contributed by atoms with van der Waals surface area (Å²) in [6.07, 6.45) is 2.58. The van der Waals surface area contributed by atoms with Crippen LogP contribution in [0.4, 0.5) is 5.69 Å². The molecule has 1 aliphatic rings. The van der Waals surface area contributed by atoms with Gasteiger partial charge < -0.3 is 5.32 Å². The average Bonchev–Trinajstić information content (AvgIpc) is 2.59. The second-order valence-electron chi connectivity index (χ2n) is 6.92. The van der Waals surface area contributed by atoms with E-state index in [4.69, 9.17) is 0 Å². The Kier molecular flexibility index (Phi) is 5.31. The van der Waals surface area contributed by atoms with Crippen molar-refractivity contribution in [2.45, 2.75) is 33.2 Å². The molecule has 0 bridgehead atoms. The van der Waals surface area contributed by atoms with E-state index in [1.165, 1.54) is 31.5 Å². The fourth-order valence-electron chi connectivity index (χ4n) is 3.15. The zero-order chi connectivity index (χ0) is 16.9. The van der Waals surface area contributed by atoms with Gasteiger partial charge in [0, 0.05) is 17.8 Å². The van der Waals surface area contributed by atoms with Gasteiger partial charge in [-0.3, -0.25) is 9.69 Å². The maximum absolute atomic E-state index is 12.4. The highest BCUT2D eigenvalue weighted by Gasteiger charge is 2.15. The van der Waals surface area contributed by atoms with E-state index >= 15 is 0 Å². The molecule has 3 heteroatoms. The SMILES string of the molecule is Cc1ccccc1NC(=O)c1ccc(CN2CCC(C)CC2)cc1. The number of rotatable bonds is 4. The van der Waals surface area contributed by atoms with Crippen molar-refractivity contribution >= 4 is 11.6 Å². The zero-order valence-electron chi connectivity index (χ0n) is 14.6. The molecule has 1 fully saturated rings. The van der Waals surface area contributed by atoms with E-state index in [-0.39, 0.29) is 5.91 Å². The molecular formula is C21H26N2O. The number of likely N-dealkylation sites (tertiary alicyclic amines) is 1. The molecular weight excluding hydrogens is 296 g/mol. The van der Waals surface area contributed by atoms with E-state index in [9.17, 15) is 4.79 Å². The maximum atomic E-state index is 12.4. The number of aryl methyl sites for hydroxylation is 1. The fourth-order valence-corrected chi connectivity index (χ4v) is 3.15. The molecule has 3 nitrogen and oxygen atoms in total. The largest absolute Gasteiger partial charge is 0.322 e. The molecule has 0 atom stereocenters. The molecule has 126 valence electrons. The standard InChI is InChI=1S/C21H26N2O/c1-16-11-13-23(14-12-16)15-18-7-9-19(10-8-18)21(24)22-20-6-4-3-5-17(20)2/h3-10,16H,11-15H2,1-2H3,(H,22,24). The van der Waals surface area contributed by atoms with Gasteiger partial charge in [-0.25, -0.2) is 0 Å². The van der Waals surface area contributed by atoms with Gasteiger partial charge in [0.1, 0.15) is 0 Å². The van der Waals surface area contributed by atoms with Gasteiger partial charge in [-0.05, 0) is 68.1 Å². The van der Waals surface area contributed by atoms with Crippen LogP contribution >= 0.6 is 0 Å². The molecule has 0 aliphatic carbocycles. The van der Waals surface area contributed by atoms with Crippen LogP contribution in [-0.4, -0.2) is 23.9 Å². The summed E-state index contributed by atoms with van der Waals surface area (Å²) in [7, 11) is 0. The number of hydrogen-bond acceptors (Lipinski definition) is 2.